The third kappa shape index (κ3) is 6.51. The summed E-state index contributed by atoms with van der Waals surface area (Å²) in [6, 6.07) is 32.6. The molecular weight excluding hydrogens is 512 g/mol. The van der Waals surface area contributed by atoms with Crippen LogP contribution in [-0.2, 0) is 22.9 Å². The molecule has 4 aromatic carbocycles. The number of carbonyl (C=O) groups excluding carboxylic acids is 2. The molecule has 0 atom stereocenters. The van der Waals surface area contributed by atoms with Crippen LogP contribution in [0.5, 0.6) is 0 Å². The van der Waals surface area contributed by atoms with Gasteiger partial charge in [-0.15, -0.1) is 10.2 Å². The molecule has 0 unspecified atom stereocenters. The average Bonchev–Trinajstić information content (AvgIpc) is 3.64. The SMILES string of the molecule is O=C(NOCc1ccccc1)n1nnc2ccccc21.O=C(NOCc1ccccc1)n1nnc2ccccc21. The molecule has 0 spiro atoms. The van der Waals surface area contributed by atoms with Crippen LogP contribution in [0.1, 0.15) is 11.1 Å². The molecule has 0 aliphatic carbocycles. The second-order valence-electron chi connectivity index (χ2n) is 8.34. The lowest BCUT2D eigenvalue weighted by atomic mass is 10.2. The van der Waals surface area contributed by atoms with Gasteiger partial charge in [0.1, 0.15) is 11.0 Å². The topological polar surface area (TPSA) is 138 Å². The monoisotopic (exact) mass is 536 g/mol. The molecular formula is C28H24N8O4. The highest BCUT2D eigenvalue weighted by molar-refractivity contribution is 5.87. The largest absolute Gasteiger partial charge is 0.367 e. The van der Waals surface area contributed by atoms with Crippen LogP contribution in [0.15, 0.2) is 109 Å². The van der Waals surface area contributed by atoms with E-state index in [0.717, 1.165) is 11.1 Å². The molecule has 0 aliphatic rings. The minimum absolute atomic E-state index is 0.291. The molecule has 0 saturated heterocycles. The first kappa shape index (κ1) is 26.2. The summed E-state index contributed by atoms with van der Waals surface area (Å²) in [7, 11) is 0. The molecule has 40 heavy (non-hydrogen) atoms. The van der Waals surface area contributed by atoms with Crippen molar-refractivity contribution < 1.29 is 19.3 Å². The van der Waals surface area contributed by atoms with Crippen molar-refractivity contribution in [2.75, 3.05) is 0 Å². The molecule has 12 nitrogen and oxygen atoms in total. The van der Waals surface area contributed by atoms with Gasteiger partial charge >= 0.3 is 12.1 Å². The van der Waals surface area contributed by atoms with E-state index in [1.54, 1.807) is 24.3 Å². The van der Waals surface area contributed by atoms with E-state index >= 15 is 0 Å². The highest BCUT2D eigenvalue weighted by Crippen LogP contribution is 2.10. The smallest absolute Gasteiger partial charge is 0.267 e. The first-order valence-corrected chi connectivity index (χ1v) is 12.2. The van der Waals surface area contributed by atoms with Gasteiger partial charge in [-0.05, 0) is 35.4 Å². The number of para-hydroxylation sites is 2. The van der Waals surface area contributed by atoms with E-state index < -0.39 is 12.1 Å². The first-order valence-electron chi connectivity index (χ1n) is 12.2. The van der Waals surface area contributed by atoms with E-state index in [4.69, 9.17) is 9.68 Å². The third-order valence-electron chi connectivity index (χ3n) is 5.57. The Kier molecular flexibility index (Phi) is 8.41. The normalized spacial score (nSPS) is 10.6. The number of hydrogen-bond donors (Lipinski definition) is 2. The molecule has 2 N–H and O–H groups in total. The fraction of sp³-hybridized carbons (Fsp3) is 0.0714. The lowest BCUT2D eigenvalue weighted by molar-refractivity contribution is 0.0488. The number of benzene rings is 4. The Labute approximate surface area is 228 Å². The van der Waals surface area contributed by atoms with E-state index in [1.807, 2.05) is 84.9 Å². The molecule has 2 amide bonds. The third-order valence-corrected chi connectivity index (χ3v) is 5.57. The summed E-state index contributed by atoms with van der Waals surface area (Å²) in [5.74, 6) is 0. The van der Waals surface area contributed by atoms with Crippen molar-refractivity contribution in [3.05, 3.63) is 120 Å². The van der Waals surface area contributed by atoms with E-state index in [9.17, 15) is 9.59 Å². The van der Waals surface area contributed by atoms with Crippen molar-refractivity contribution >= 4 is 34.1 Å². The van der Waals surface area contributed by atoms with Crippen LogP contribution in [0.4, 0.5) is 9.59 Å². The van der Waals surface area contributed by atoms with Crippen LogP contribution in [0.2, 0.25) is 0 Å². The minimum Gasteiger partial charge on any atom is -0.267 e. The Morgan fingerprint density at radius 2 is 0.925 bits per heavy atom. The average molecular weight is 537 g/mol. The van der Waals surface area contributed by atoms with E-state index in [2.05, 4.69) is 31.6 Å². The standard InChI is InChI=1S/2C14H12N4O2/c2*19-14(16-20-10-11-6-2-1-3-7-11)18-13-9-5-4-8-12(13)15-17-18/h2*1-9H,10H2,(H,16,19). The maximum absolute atomic E-state index is 11.9. The Hall–Kier alpha value is -5.46. The summed E-state index contributed by atoms with van der Waals surface area (Å²) in [6.45, 7) is 0.582. The second-order valence-corrected chi connectivity index (χ2v) is 8.34. The maximum Gasteiger partial charge on any atom is 0.367 e. The Bertz CT molecular complexity index is 1580. The van der Waals surface area contributed by atoms with Gasteiger partial charge in [0.2, 0.25) is 0 Å². The van der Waals surface area contributed by atoms with Gasteiger partial charge in [0.15, 0.2) is 0 Å². The Morgan fingerprint density at radius 3 is 1.35 bits per heavy atom. The van der Waals surface area contributed by atoms with Crippen molar-refractivity contribution in [3.63, 3.8) is 0 Å². The molecule has 6 aromatic rings. The summed E-state index contributed by atoms with van der Waals surface area (Å²) >= 11 is 0. The number of nitrogens with zero attached hydrogens (tertiary/aromatic N) is 6. The van der Waals surface area contributed by atoms with Crippen molar-refractivity contribution in [3.8, 4) is 0 Å². The van der Waals surface area contributed by atoms with Gasteiger partial charge in [-0.25, -0.2) is 20.5 Å². The zero-order chi connectivity index (χ0) is 27.6. The van der Waals surface area contributed by atoms with Crippen LogP contribution >= 0.6 is 0 Å². The molecule has 12 heteroatoms. The molecule has 2 aromatic heterocycles. The number of aromatic nitrogens is 6. The van der Waals surface area contributed by atoms with Gasteiger partial charge in [-0.3, -0.25) is 9.68 Å². The lowest BCUT2D eigenvalue weighted by Gasteiger charge is -2.05. The fourth-order valence-electron chi connectivity index (χ4n) is 3.64. The maximum atomic E-state index is 11.9. The predicted octanol–water partition coefficient (Wildman–Crippen LogP) is 4.24. The number of fused-ring (bicyclic) bond motifs is 2. The van der Waals surface area contributed by atoms with Crippen molar-refractivity contribution in [1.82, 2.24) is 40.9 Å². The summed E-state index contributed by atoms with van der Waals surface area (Å²) < 4.78 is 2.33. The van der Waals surface area contributed by atoms with Gasteiger partial charge in [-0.1, -0.05) is 95.4 Å². The highest BCUT2D eigenvalue weighted by atomic mass is 16.7. The summed E-state index contributed by atoms with van der Waals surface area (Å²) in [5.41, 5.74) is 9.21. The lowest BCUT2D eigenvalue weighted by Crippen LogP contribution is -2.29. The summed E-state index contributed by atoms with van der Waals surface area (Å²) in [5, 5.41) is 15.4. The van der Waals surface area contributed by atoms with E-state index in [-0.39, 0.29) is 0 Å². The summed E-state index contributed by atoms with van der Waals surface area (Å²) in [6.07, 6.45) is 0. The molecule has 2 heterocycles. The number of nitrogens with one attached hydrogen (secondary N) is 2. The number of amides is 2. The Morgan fingerprint density at radius 1 is 0.550 bits per heavy atom. The Balaban J connectivity index is 0.000000161. The molecule has 0 fully saturated rings. The zero-order valence-electron chi connectivity index (χ0n) is 21.1. The van der Waals surface area contributed by atoms with Crippen LogP contribution in [0.25, 0.3) is 22.1 Å². The van der Waals surface area contributed by atoms with Gasteiger partial charge < -0.3 is 0 Å². The first-order chi connectivity index (χ1) is 19.7. The van der Waals surface area contributed by atoms with Gasteiger partial charge in [-0.2, -0.15) is 9.36 Å². The molecule has 200 valence electrons. The molecule has 0 bridgehead atoms. The molecule has 0 saturated carbocycles. The van der Waals surface area contributed by atoms with Crippen molar-refractivity contribution in [1.29, 1.82) is 0 Å². The molecule has 0 aliphatic heterocycles. The number of hydroxylamine groups is 2. The minimum atomic E-state index is -0.477. The van der Waals surface area contributed by atoms with Crippen LogP contribution in [0, 0.1) is 0 Å². The molecule has 0 radical (unpaired) electrons. The highest BCUT2D eigenvalue weighted by Gasteiger charge is 2.12. The second kappa shape index (κ2) is 12.9. The van der Waals surface area contributed by atoms with Crippen LogP contribution in [0.3, 0.4) is 0 Å². The van der Waals surface area contributed by atoms with Crippen molar-refractivity contribution in [2.24, 2.45) is 0 Å². The predicted molar refractivity (Wildman–Crippen MR) is 145 cm³/mol. The van der Waals surface area contributed by atoms with Gasteiger partial charge in [0.05, 0.1) is 24.2 Å². The zero-order valence-corrected chi connectivity index (χ0v) is 21.1. The molecule has 6 rings (SSSR count). The number of hydrogen-bond acceptors (Lipinski definition) is 8. The quantitative estimate of drug-likeness (QED) is 0.302. The van der Waals surface area contributed by atoms with Gasteiger partial charge in [0.25, 0.3) is 0 Å². The van der Waals surface area contributed by atoms with E-state index in [0.29, 0.717) is 35.3 Å². The van der Waals surface area contributed by atoms with Crippen molar-refractivity contribution in [2.45, 2.75) is 13.2 Å². The van der Waals surface area contributed by atoms with Crippen LogP contribution in [-0.4, -0.2) is 42.0 Å². The van der Waals surface area contributed by atoms with Crippen LogP contribution < -0.4 is 11.0 Å². The number of carbonyl (C=O) groups is 2. The van der Waals surface area contributed by atoms with Gasteiger partial charge in [0, 0.05) is 0 Å². The van der Waals surface area contributed by atoms with E-state index in [1.165, 1.54) is 9.36 Å². The number of rotatable bonds is 6. The fourth-order valence-corrected chi connectivity index (χ4v) is 3.64. The summed E-state index contributed by atoms with van der Waals surface area (Å²) in [4.78, 5) is 34.2.